The zero-order valence-corrected chi connectivity index (χ0v) is 14.1. The minimum atomic E-state index is -3.99. The van der Waals surface area contributed by atoms with Crippen molar-refractivity contribution < 1.29 is 17.9 Å². The van der Waals surface area contributed by atoms with E-state index in [1.807, 2.05) is 0 Å². The minimum absolute atomic E-state index is 0.0575. The normalized spacial score (nSPS) is 11.7. The van der Waals surface area contributed by atoms with Crippen LogP contribution in [-0.4, -0.2) is 21.0 Å². The Bertz CT molecular complexity index is 629. The lowest BCUT2D eigenvalue weighted by Crippen LogP contribution is -2.14. The summed E-state index contributed by atoms with van der Waals surface area (Å²) in [4.78, 5) is 11.7. The van der Waals surface area contributed by atoms with E-state index in [1.165, 1.54) is 0 Å². The number of rotatable bonds is 6. The Morgan fingerprint density at radius 2 is 1.95 bits per heavy atom. The van der Waals surface area contributed by atoms with Crippen LogP contribution in [0.2, 0.25) is 10.0 Å². The van der Waals surface area contributed by atoms with E-state index in [4.69, 9.17) is 33.1 Å². The summed E-state index contributed by atoms with van der Waals surface area (Å²) < 4.78 is 27.7. The fourth-order valence-corrected chi connectivity index (χ4v) is 2.65. The fraction of sp³-hybridized carbons (Fsp3) is 0.462. The van der Waals surface area contributed by atoms with Gasteiger partial charge < -0.3 is 4.74 Å². The first-order valence-electron chi connectivity index (χ1n) is 6.32. The van der Waals surface area contributed by atoms with E-state index in [2.05, 4.69) is 13.8 Å². The maximum absolute atomic E-state index is 11.9. The number of hydrogen-bond acceptors (Lipinski definition) is 4. The molecular formula is C13H17Cl2NO4S. The number of carbonyl (C=O) groups is 1. The van der Waals surface area contributed by atoms with Crippen LogP contribution in [0.3, 0.4) is 0 Å². The maximum Gasteiger partial charge on any atom is 0.339 e. The van der Waals surface area contributed by atoms with Gasteiger partial charge in [0.15, 0.2) is 0 Å². The highest BCUT2D eigenvalue weighted by Gasteiger charge is 2.20. The van der Waals surface area contributed by atoms with Crippen LogP contribution in [0.1, 0.15) is 37.0 Å². The van der Waals surface area contributed by atoms with E-state index < -0.39 is 16.0 Å². The van der Waals surface area contributed by atoms with E-state index in [1.54, 1.807) is 0 Å². The zero-order valence-electron chi connectivity index (χ0n) is 11.7. The first kappa shape index (κ1) is 18.2. The molecule has 1 rings (SSSR count). The molecule has 0 aliphatic rings. The summed E-state index contributed by atoms with van der Waals surface area (Å²) in [6.07, 6.45) is 1.63. The highest BCUT2D eigenvalue weighted by atomic mass is 35.5. The highest BCUT2D eigenvalue weighted by molar-refractivity contribution is 7.89. The monoisotopic (exact) mass is 353 g/mol. The molecular weight excluding hydrogens is 337 g/mol. The Morgan fingerprint density at radius 3 is 2.48 bits per heavy atom. The van der Waals surface area contributed by atoms with Crippen molar-refractivity contribution in [3.63, 3.8) is 0 Å². The summed E-state index contributed by atoms with van der Waals surface area (Å²) in [6.45, 7) is 4.35. The van der Waals surface area contributed by atoms with Crippen molar-refractivity contribution in [2.24, 2.45) is 11.1 Å². The van der Waals surface area contributed by atoms with Gasteiger partial charge in [-0.1, -0.05) is 37.0 Å². The van der Waals surface area contributed by atoms with Gasteiger partial charge in [-0.05, 0) is 30.9 Å². The molecule has 0 aliphatic carbocycles. The third-order valence-electron chi connectivity index (χ3n) is 2.71. The molecule has 0 saturated heterocycles. The van der Waals surface area contributed by atoms with Crippen LogP contribution in [0.15, 0.2) is 17.0 Å². The molecule has 8 heteroatoms. The average molecular weight is 354 g/mol. The van der Waals surface area contributed by atoms with Crippen molar-refractivity contribution in [3.8, 4) is 0 Å². The van der Waals surface area contributed by atoms with Gasteiger partial charge in [0, 0.05) is 0 Å². The van der Waals surface area contributed by atoms with Crippen LogP contribution >= 0.6 is 23.2 Å². The average Bonchev–Trinajstić information content (AvgIpc) is 2.35. The first-order chi connectivity index (χ1) is 9.62. The van der Waals surface area contributed by atoms with Crippen LogP contribution in [0.25, 0.3) is 0 Å². The van der Waals surface area contributed by atoms with Crippen molar-refractivity contribution >= 4 is 39.2 Å². The Morgan fingerprint density at radius 1 is 1.33 bits per heavy atom. The molecule has 0 spiro atoms. The van der Waals surface area contributed by atoms with Crippen LogP contribution in [0.5, 0.6) is 0 Å². The summed E-state index contributed by atoms with van der Waals surface area (Å²) in [5, 5.41) is 4.89. The fourth-order valence-electron chi connectivity index (χ4n) is 1.61. The van der Waals surface area contributed by atoms with Crippen molar-refractivity contribution in [2.75, 3.05) is 6.61 Å². The van der Waals surface area contributed by atoms with Gasteiger partial charge >= 0.3 is 5.97 Å². The second-order valence-electron chi connectivity index (χ2n) is 4.98. The molecule has 0 heterocycles. The molecule has 0 amide bonds. The first-order valence-corrected chi connectivity index (χ1v) is 8.62. The maximum atomic E-state index is 11.9. The van der Waals surface area contributed by atoms with Gasteiger partial charge in [0.25, 0.3) is 0 Å². The second-order valence-corrected chi connectivity index (χ2v) is 7.33. The van der Waals surface area contributed by atoms with Crippen LogP contribution in [0.4, 0.5) is 0 Å². The molecule has 0 atom stereocenters. The summed E-state index contributed by atoms with van der Waals surface area (Å²) in [5.41, 5.74) is -0.113. The van der Waals surface area contributed by atoms with Gasteiger partial charge in [0.2, 0.25) is 10.0 Å². The third kappa shape index (κ3) is 5.47. The number of primary sulfonamides is 1. The summed E-state index contributed by atoms with van der Waals surface area (Å²) in [5.74, 6) is -0.219. The second kappa shape index (κ2) is 7.45. The molecule has 0 saturated carbocycles. The molecule has 21 heavy (non-hydrogen) atoms. The van der Waals surface area contributed by atoms with Crippen LogP contribution < -0.4 is 5.14 Å². The summed E-state index contributed by atoms with van der Waals surface area (Å²) >= 11 is 11.7. The van der Waals surface area contributed by atoms with Gasteiger partial charge in [0.1, 0.15) is 0 Å². The van der Waals surface area contributed by atoms with Crippen LogP contribution in [-0.2, 0) is 14.8 Å². The van der Waals surface area contributed by atoms with Gasteiger partial charge in [-0.25, -0.2) is 18.4 Å². The molecule has 2 N–H and O–H groups in total. The van der Waals surface area contributed by atoms with E-state index in [9.17, 15) is 13.2 Å². The Hall–Kier alpha value is -0.820. The predicted molar refractivity (Wildman–Crippen MR) is 82.2 cm³/mol. The highest BCUT2D eigenvalue weighted by Crippen LogP contribution is 2.29. The molecule has 5 nitrogen and oxygen atoms in total. The van der Waals surface area contributed by atoms with E-state index >= 15 is 0 Å². The Kier molecular flexibility index (Phi) is 6.46. The van der Waals surface area contributed by atoms with Crippen molar-refractivity contribution in [3.05, 3.63) is 27.7 Å². The number of carbonyl (C=O) groups excluding carboxylic acids is 1. The van der Waals surface area contributed by atoms with Crippen molar-refractivity contribution in [1.29, 1.82) is 0 Å². The van der Waals surface area contributed by atoms with Crippen molar-refractivity contribution in [2.45, 2.75) is 31.6 Å². The Labute approximate surface area is 134 Å². The number of halogens is 2. The summed E-state index contributed by atoms with van der Waals surface area (Å²) in [7, 11) is -3.99. The molecule has 0 fully saturated rings. The standard InChI is InChI=1S/C13H17Cl2NO4S/c1-8(2)4-3-5-20-13(17)10-6-9(21(16,18)19)7-11(14)12(10)15/h6-8H,3-5H2,1-2H3,(H2,16,18,19). The van der Waals surface area contributed by atoms with E-state index in [0.717, 1.165) is 18.6 Å². The third-order valence-corrected chi connectivity index (χ3v) is 4.40. The largest absolute Gasteiger partial charge is 0.462 e. The lowest BCUT2D eigenvalue weighted by atomic mass is 10.1. The van der Waals surface area contributed by atoms with Gasteiger partial charge in [-0.2, -0.15) is 0 Å². The molecule has 0 aliphatic heterocycles. The minimum Gasteiger partial charge on any atom is -0.462 e. The number of nitrogens with two attached hydrogens (primary N) is 1. The molecule has 1 aromatic rings. The smallest absolute Gasteiger partial charge is 0.339 e. The molecule has 0 unspecified atom stereocenters. The van der Waals surface area contributed by atoms with Gasteiger partial charge in [0.05, 0.1) is 27.1 Å². The van der Waals surface area contributed by atoms with Gasteiger partial charge in [-0.15, -0.1) is 0 Å². The number of ether oxygens (including phenoxy) is 1. The number of benzene rings is 1. The zero-order chi connectivity index (χ0) is 16.2. The number of esters is 1. The molecule has 0 bridgehead atoms. The lowest BCUT2D eigenvalue weighted by molar-refractivity contribution is 0.0494. The van der Waals surface area contributed by atoms with E-state index in [0.29, 0.717) is 12.3 Å². The predicted octanol–water partition coefficient (Wildman–Crippen LogP) is 3.23. The quantitative estimate of drug-likeness (QED) is 0.628. The molecule has 0 radical (unpaired) electrons. The molecule has 1 aromatic carbocycles. The Balaban J connectivity index is 2.91. The lowest BCUT2D eigenvalue weighted by Gasteiger charge is -2.10. The SMILES string of the molecule is CC(C)CCCOC(=O)c1cc(S(N)(=O)=O)cc(Cl)c1Cl. The summed E-state index contributed by atoms with van der Waals surface area (Å²) in [6, 6.07) is 2.16. The van der Waals surface area contributed by atoms with Crippen LogP contribution in [0, 0.1) is 5.92 Å². The molecule has 118 valence electrons. The van der Waals surface area contributed by atoms with E-state index in [-0.39, 0.29) is 27.1 Å². The topological polar surface area (TPSA) is 86.5 Å². The van der Waals surface area contributed by atoms with Crippen molar-refractivity contribution in [1.82, 2.24) is 0 Å². The number of hydrogen-bond donors (Lipinski definition) is 1. The van der Waals surface area contributed by atoms with Gasteiger partial charge in [-0.3, -0.25) is 0 Å². The molecule has 0 aromatic heterocycles. The number of sulfonamides is 1.